The maximum absolute atomic E-state index is 14.6. The van der Waals surface area contributed by atoms with Gasteiger partial charge < -0.3 is 20.0 Å². The maximum atomic E-state index is 14.6. The van der Waals surface area contributed by atoms with Crippen molar-refractivity contribution < 1.29 is 36.2 Å². The first-order valence-corrected chi connectivity index (χ1v) is 15.2. The highest BCUT2D eigenvalue weighted by atomic mass is 35.5. The Morgan fingerprint density at radius 3 is 2.49 bits per heavy atom. The van der Waals surface area contributed by atoms with Crippen molar-refractivity contribution in [3.63, 3.8) is 0 Å². The second-order valence-corrected chi connectivity index (χ2v) is 12.6. The van der Waals surface area contributed by atoms with Crippen LogP contribution < -0.4 is 9.21 Å². The molecule has 0 fully saturated rings. The van der Waals surface area contributed by atoms with Crippen LogP contribution in [0.25, 0.3) is 11.6 Å². The summed E-state index contributed by atoms with van der Waals surface area (Å²) >= 11 is 6.23. The Hall–Kier alpha value is -3.16. The molecule has 2 N–H and O–H groups in total. The molecular formula is C30H32ClF4N3O4S. The van der Waals surface area contributed by atoms with Crippen LogP contribution in [-0.2, 0) is 16.2 Å². The molecule has 1 unspecified atom stereocenters. The first-order valence-electron chi connectivity index (χ1n) is 13.4. The highest BCUT2D eigenvalue weighted by Crippen LogP contribution is 2.39. The largest absolute Gasteiger partial charge is 0.416 e. The van der Waals surface area contributed by atoms with Crippen LogP contribution in [0.4, 0.5) is 28.9 Å². The molecule has 43 heavy (non-hydrogen) atoms. The summed E-state index contributed by atoms with van der Waals surface area (Å²) in [6.45, 7) is 2.65. The van der Waals surface area contributed by atoms with Gasteiger partial charge in [-0.15, -0.1) is 0 Å². The zero-order valence-electron chi connectivity index (χ0n) is 23.5. The molecule has 1 aliphatic heterocycles. The van der Waals surface area contributed by atoms with Gasteiger partial charge in [-0.3, -0.25) is 4.31 Å². The van der Waals surface area contributed by atoms with Gasteiger partial charge in [-0.05, 0) is 67.6 Å². The third-order valence-corrected chi connectivity index (χ3v) is 9.28. The number of halogens is 5. The predicted octanol–water partition coefficient (Wildman–Crippen LogP) is 5.36. The molecule has 3 aromatic rings. The van der Waals surface area contributed by atoms with Gasteiger partial charge in [0.2, 0.25) is 0 Å². The summed E-state index contributed by atoms with van der Waals surface area (Å²) < 4.78 is 83.5. The van der Waals surface area contributed by atoms with E-state index >= 15 is 0 Å². The second kappa shape index (κ2) is 13.2. The number of rotatable bonds is 10. The molecule has 0 aromatic heterocycles. The lowest BCUT2D eigenvalue weighted by Crippen LogP contribution is -2.46. The first-order chi connectivity index (χ1) is 20.2. The monoisotopic (exact) mass is 641 g/mol. The topological polar surface area (TPSA) is 84.3 Å². The van der Waals surface area contributed by atoms with Crippen molar-refractivity contribution in [3.8, 4) is 0 Å². The standard InChI is InChI=1S/C30H32ClF4N3O4S/c1-20(29-25(31)7-4-8-26(29)32)15-21-9-10-27-28(16-21)38(14-13-37(27)12-11-36(2)18-23(40)19-39)43(41,42)24-6-3-5-22(17-24)30(33,34)35/h3-10,15-17,23,39-40H,11-14,18-19H2,1-2H3/b20-15+. The van der Waals surface area contributed by atoms with Crippen molar-refractivity contribution >= 4 is 44.6 Å². The van der Waals surface area contributed by atoms with E-state index in [1.165, 1.54) is 12.1 Å². The van der Waals surface area contributed by atoms with Crippen LogP contribution in [0, 0.1) is 5.82 Å². The Kier molecular flexibility index (Phi) is 10.1. The molecular weight excluding hydrogens is 610 g/mol. The number of hydrogen-bond acceptors (Lipinski definition) is 6. The second-order valence-electron chi connectivity index (χ2n) is 10.4. The fourth-order valence-electron chi connectivity index (χ4n) is 4.99. The number of sulfonamides is 1. The molecule has 0 bridgehead atoms. The van der Waals surface area contributed by atoms with E-state index in [1.807, 2.05) is 9.80 Å². The van der Waals surface area contributed by atoms with Crippen molar-refractivity contribution in [2.24, 2.45) is 0 Å². The Morgan fingerprint density at radius 2 is 1.81 bits per heavy atom. The molecule has 0 aliphatic carbocycles. The number of likely N-dealkylation sites (N-methyl/N-ethyl adjacent to an activating group) is 1. The number of benzene rings is 3. The third-order valence-electron chi connectivity index (χ3n) is 7.16. The Balaban J connectivity index is 1.75. The van der Waals surface area contributed by atoms with Gasteiger partial charge in [0.25, 0.3) is 10.0 Å². The molecule has 0 amide bonds. The van der Waals surface area contributed by atoms with Crippen LogP contribution >= 0.6 is 11.6 Å². The number of aliphatic hydroxyl groups is 2. The van der Waals surface area contributed by atoms with Crippen LogP contribution in [-0.4, -0.2) is 76.0 Å². The zero-order valence-corrected chi connectivity index (χ0v) is 25.1. The van der Waals surface area contributed by atoms with Crippen LogP contribution in [0.1, 0.15) is 23.6 Å². The predicted molar refractivity (Wildman–Crippen MR) is 160 cm³/mol. The minimum absolute atomic E-state index is 0.0418. The Bertz CT molecular complexity index is 1580. The van der Waals surface area contributed by atoms with Gasteiger partial charge in [-0.25, -0.2) is 12.8 Å². The van der Waals surface area contributed by atoms with Gasteiger partial charge in [-0.1, -0.05) is 35.9 Å². The van der Waals surface area contributed by atoms with Crippen LogP contribution in [0.3, 0.4) is 0 Å². The molecule has 1 heterocycles. The molecule has 0 radical (unpaired) electrons. The van der Waals surface area contributed by atoms with E-state index in [0.29, 0.717) is 36.0 Å². The first kappa shape index (κ1) is 32.7. The van der Waals surface area contributed by atoms with E-state index in [2.05, 4.69) is 0 Å². The number of hydrogen-bond donors (Lipinski definition) is 2. The van der Waals surface area contributed by atoms with E-state index in [1.54, 1.807) is 44.3 Å². The smallest absolute Gasteiger partial charge is 0.394 e. The quantitative estimate of drug-likeness (QED) is 0.229. The summed E-state index contributed by atoms with van der Waals surface area (Å²) in [4.78, 5) is 3.28. The number of fused-ring (bicyclic) bond motifs is 1. The molecule has 232 valence electrons. The van der Waals surface area contributed by atoms with Crippen LogP contribution in [0.2, 0.25) is 5.02 Å². The lowest BCUT2D eigenvalue weighted by atomic mass is 10.0. The summed E-state index contributed by atoms with van der Waals surface area (Å²) in [6.07, 6.45) is -3.98. The van der Waals surface area contributed by atoms with Crippen molar-refractivity contribution in [1.82, 2.24) is 4.90 Å². The zero-order chi connectivity index (χ0) is 31.5. The van der Waals surface area contributed by atoms with E-state index in [-0.39, 0.29) is 42.5 Å². The lowest BCUT2D eigenvalue weighted by Gasteiger charge is -2.39. The van der Waals surface area contributed by atoms with Gasteiger partial charge in [0.1, 0.15) is 5.82 Å². The molecule has 4 rings (SSSR count). The molecule has 1 aliphatic rings. The molecule has 3 aromatic carbocycles. The summed E-state index contributed by atoms with van der Waals surface area (Å²) in [5, 5.41) is 19.1. The van der Waals surface area contributed by atoms with Gasteiger partial charge in [0.05, 0.1) is 46.1 Å². The molecule has 7 nitrogen and oxygen atoms in total. The minimum atomic E-state index is -4.72. The highest BCUT2D eigenvalue weighted by molar-refractivity contribution is 7.92. The minimum Gasteiger partial charge on any atom is -0.394 e. The van der Waals surface area contributed by atoms with E-state index in [4.69, 9.17) is 16.7 Å². The number of aliphatic hydroxyl groups excluding tert-OH is 2. The van der Waals surface area contributed by atoms with Gasteiger partial charge in [0, 0.05) is 31.7 Å². The molecule has 0 saturated carbocycles. The van der Waals surface area contributed by atoms with Crippen LogP contribution in [0.15, 0.2) is 65.6 Å². The van der Waals surface area contributed by atoms with E-state index in [0.717, 1.165) is 22.5 Å². The number of anilines is 2. The molecule has 1 atom stereocenters. The normalized spacial score (nSPS) is 15.2. The molecule has 0 saturated heterocycles. The average molecular weight is 642 g/mol. The lowest BCUT2D eigenvalue weighted by molar-refractivity contribution is -0.137. The maximum Gasteiger partial charge on any atom is 0.416 e. The number of nitrogens with zero attached hydrogens (tertiary/aromatic N) is 3. The van der Waals surface area contributed by atoms with Crippen molar-refractivity contribution in [1.29, 1.82) is 0 Å². The summed E-state index contributed by atoms with van der Waals surface area (Å²) in [6, 6.07) is 13.0. The number of allylic oxidation sites excluding steroid dienone is 1. The Labute approximate surface area is 253 Å². The SMILES string of the molecule is C/C(=C\c1ccc2c(c1)N(S(=O)(=O)c1cccc(C(F)(F)F)c1)CCN2CCN(C)CC(O)CO)c1c(F)cccc1Cl. The van der Waals surface area contributed by atoms with Crippen LogP contribution in [0.5, 0.6) is 0 Å². The highest BCUT2D eigenvalue weighted by Gasteiger charge is 2.35. The van der Waals surface area contributed by atoms with Crippen molar-refractivity contribution in [3.05, 3.63) is 88.2 Å². The Morgan fingerprint density at radius 1 is 1.09 bits per heavy atom. The van der Waals surface area contributed by atoms with Gasteiger partial charge in [-0.2, -0.15) is 13.2 Å². The molecule has 0 spiro atoms. The number of alkyl halides is 3. The van der Waals surface area contributed by atoms with Crippen molar-refractivity contribution in [2.75, 3.05) is 55.6 Å². The average Bonchev–Trinajstić information content (AvgIpc) is 2.95. The fourth-order valence-corrected chi connectivity index (χ4v) is 6.81. The van der Waals surface area contributed by atoms with Crippen molar-refractivity contribution in [2.45, 2.75) is 24.1 Å². The van der Waals surface area contributed by atoms with E-state index in [9.17, 15) is 31.1 Å². The van der Waals surface area contributed by atoms with E-state index < -0.39 is 38.6 Å². The van der Waals surface area contributed by atoms with Gasteiger partial charge >= 0.3 is 6.18 Å². The fraction of sp³-hybridized carbons (Fsp3) is 0.333. The third kappa shape index (κ3) is 7.50. The van der Waals surface area contributed by atoms with Gasteiger partial charge in [0.15, 0.2) is 0 Å². The summed E-state index contributed by atoms with van der Waals surface area (Å²) in [5.74, 6) is -0.519. The summed E-state index contributed by atoms with van der Waals surface area (Å²) in [7, 11) is -2.63. The molecule has 13 heteroatoms. The summed E-state index contributed by atoms with van der Waals surface area (Å²) in [5.41, 5.74) is 0.941.